The van der Waals surface area contributed by atoms with Crippen molar-refractivity contribution in [3.63, 3.8) is 0 Å². The molecule has 1 heterocycles. The molecule has 1 N–H and O–H groups in total. The Morgan fingerprint density at radius 1 is 1.24 bits per heavy atom. The number of aromatic nitrogens is 1. The highest BCUT2D eigenvalue weighted by Crippen LogP contribution is 2.20. The number of rotatable bonds is 3. The molecule has 3 nitrogen and oxygen atoms in total. The summed E-state index contributed by atoms with van der Waals surface area (Å²) in [6.45, 7) is 0.307. The minimum Gasteiger partial charge on any atom is -0.507 e. The van der Waals surface area contributed by atoms with Crippen molar-refractivity contribution in [3.05, 3.63) is 57.9 Å². The first-order valence-corrected chi connectivity index (χ1v) is 6.20. The molecular formula is C13H11INO2+. The van der Waals surface area contributed by atoms with Crippen molar-refractivity contribution in [2.75, 3.05) is 0 Å². The quantitative estimate of drug-likeness (QED) is 0.529. The van der Waals surface area contributed by atoms with Crippen LogP contribution in [0.1, 0.15) is 10.4 Å². The maximum absolute atomic E-state index is 12.0. The number of halogens is 1. The number of benzene rings is 1. The van der Waals surface area contributed by atoms with Crippen LogP contribution in [0, 0.1) is 3.57 Å². The second-order valence-electron chi connectivity index (χ2n) is 3.64. The monoisotopic (exact) mass is 340 g/mol. The topological polar surface area (TPSA) is 41.2 Å². The molecule has 1 aromatic carbocycles. The smallest absolute Gasteiger partial charge is 0.227 e. The number of phenolic OH excluding ortho intramolecular Hbond substituents is 1. The second-order valence-corrected chi connectivity index (χ2v) is 4.80. The van der Waals surface area contributed by atoms with E-state index < -0.39 is 0 Å². The molecule has 0 aliphatic rings. The number of aromatic hydroxyl groups is 1. The van der Waals surface area contributed by atoms with Gasteiger partial charge in [0, 0.05) is 17.7 Å². The van der Waals surface area contributed by atoms with E-state index in [2.05, 4.69) is 0 Å². The van der Waals surface area contributed by atoms with E-state index in [1.165, 1.54) is 0 Å². The van der Waals surface area contributed by atoms with Gasteiger partial charge in [0.05, 0.1) is 3.57 Å². The number of hydrogen-bond donors (Lipinski definition) is 1. The zero-order chi connectivity index (χ0) is 12.3. The van der Waals surface area contributed by atoms with Crippen molar-refractivity contribution in [3.8, 4) is 5.75 Å². The number of hydrogen-bond acceptors (Lipinski definition) is 2. The van der Waals surface area contributed by atoms with Gasteiger partial charge >= 0.3 is 0 Å². The van der Waals surface area contributed by atoms with Crippen LogP contribution in [-0.4, -0.2) is 10.9 Å². The molecule has 4 heteroatoms. The van der Waals surface area contributed by atoms with Crippen LogP contribution in [0.5, 0.6) is 5.75 Å². The van der Waals surface area contributed by atoms with E-state index in [0.717, 1.165) is 0 Å². The molecule has 0 saturated carbocycles. The molecule has 0 spiro atoms. The fourth-order valence-electron chi connectivity index (χ4n) is 1.48. The third-order valence-electron chi connectivity index (χ3n) is 2.37. The third-order valence-corrected chi connectivity index (χ3v) is 3.24. The molecule has 1 aromatic heterocycles. The van der Waals surface area contributed by atoms with Crippen LogP contribution in [0.4, 0.5) is 0 Å². The van der Waals surface area contributed by atoms with Crippen molar-refractivity contribution < 1.29 is 14.5 Å². The van der Waals surface area contributed by atoms with Crippen LogP contribution in [0.15, 0.2) is 48.8 Å². The molecule has 2 rings (SSSR count). The fraction of sp³-hybridized carbons (Fsp3) is 0.0769. The van der Waals surface area contributed by atoms with Crippen molar-refractivity contribution in [2.24, 2.45) is 0 Å². The number of pyridine rings is 1. The number of Topliss-reactive ketones (excluding diaryl/α,β-unsaturated/α-hetero) is 1. The van der Waals surface area contributed by atoms with Crippen LogP contribution >= 0.6 is 22.6 Å². The van der Waals surface area contributed by atoms with Crippen LogP contribution in [0.3, 0.4) is 0 Å². The first kappa shape index (κ1) is 12.0. The minimum atomic E-state index is 0.0270. The lowest BCUT2D eigenvalue weighted by atomic mass is 10.1. The molecule has 17 heavy (non-hydrogen) atoms. The molecule has 0 saturated heterocycles. The number of ketones is 1. The summed E-state index contributed by atoms with van der Waals surface area (Å²) in [5, 5.41) is 9.39. The average molecular weight is 340 g/mol. The van der Waals surface area contributed by atoms with Crippen LogP contribution in [-0.2, 0) is 6.54 Å². The van der Waals surface area contributed by atoms with Gasteiger partial charge < -0.3 is 5.11 Å². The molecule has 0 amide bonds. The highest BCUT2D eigenvalue weighted by molar-refractivity contribution is 14.1. The van der Waals surface area contributed by atoms with E-state index in [0.29, 0.717) is 15.7 Å². The van der Waals surface area contributed by atoms with Gasteiger partial charge in [-0.3, -0.25) is 4.79 Å². The molecular weight excluding hydrogens is 329 g/mol. The summed E-state index contributed by atoms with van der Waals surface area (Å²) >= 11 is 2.01. The summed E-state index contributed by atoms with van der Waals surface area (Å²) < 4.78 is 2.51. The van der Waals surface area contributed by atoms with Crippen molar-refractivity contribution in [2.45, 2.75) is 6.54 Å². The summed E-state index contributed by atoms with van der Waals surface area (Å²) in [5.41, 5.74) is 0.614. The predicted molar refractivity (Wildman–Crippen MR) is 71.8 cm³/mol. The van der Waals surface area contributed by atoms with Gasteiger partial charge in [-0.15, -0.1) is 0 Å². The summed E-state index contributed by atoms with van der Waals surface area (Å²) in [5.74, 6) is 0.230. The Balaban J connectivity index is 2.18. The zero-order valence-electron chi connectivity index (χ0n) is 9.01. The normalized spacial score (nSPS) is 10.2. The minimum absolute atomic E-state index is 0.0270. The molecule has 86 valence electrons. The second kappa shape index (κ2) is 5.27. The Morgan fingerprint density at radius 2 is 1.94 bits per heavy atom. The zero-order valence-corrected chi connectivity index (χ0v) is 11.2. The number of nitrogens with zero attached hydrogens (tertiary/aromatic N) is 1. The maximum Gasteiger partial charge on any atom is 0.227 e. The van der Waals surface area contributed by atoms with E-state index in [9.17, 15) is 9.90 Å². The lowest BCUT2D eigenvalue weighted by Gasteiger charge is -2.01. The molecule has 0 aliphatic carbocycles. The molecule has 2 aromatic rings. The largest absolute Gasteiger partial charge is 0.507 e. The SMILES string of the molecule is O=C(C[n+]1ccccc1)c1ccc(O)c(I)c1. The maximum atomic E-state index is 12.0. The van der Waals surface area contributed by atoms with E-state index >= 15 is 0 Å². The van der Waals surface area contributed by atoms with Gasteiger partial charge in [-0.1, -0.05) is 6.07 Å². The molecule has 0 fully saturated rings. The van der Waals surface area contributed by atoms with Gasteiger partial charge in [-0.2, -0.15) is 4.57 Å². The standard InChI is InChI=1S/C13H10INO2/c14-11-8-10(4-5-12(11)16)13(17)9-15-6-2-1-3-7-15/h1-8H,9H2/p+1. The van der Waals surface area contributed by atoms with E-state index in [1.54, 1.807) is 18.2 Å². The van der Waals surface area contributed by atoms with Crippen molar-refractivity contribution in [1.29, 1.82) is 0 Å². The number of carbonyl (C=O) groups excluding carboxylic acids is 1. The van der Waals surface area contributed by atoms with E-state index in [4.69, 9.17) is 0 Å². The van der Waals surface area contributed by atoms with E-state index in [1.807, 2.05) is 57.8 Å². The van der Waals surface area contributed by atoms with Gasteiger partial charge in [-0.05, 0) is 40.8 Å². The average Bonchev–Trinajstić information content (AvgIpc) is 2.34. The number of phenols is 1. The van der Waals surface area contributed by atoms with Crippen LogP contribution in [0.2, 0.25) is 0 Å². The lowest BCUT2D eigenvalue weighted by Crippen LogP contribution is -2.36. The Hall–Kier alpha value is -1.43. The summed E-state index contributed by atoms with van der Waals surface area (Å²) in [7, 11) is 0. The van der Waals surface area contributed by atoms with Gasteiger partial charge in [0.15, 0.2) is 12.4 Å². The first-order valence-electron chi connectivity index (χ1n) is 5.12. The fourth-order valence-corrected chi connectivity index (χ4v) is 1.99. The van der Waals surface area contributed by atoms with Gasteiger partial charge in [0.1, 0.15) is 5.75 Å². The summed E-state index contributed by atoms with van der Waals surface area (Å²) in [4.78, 5) is 12.0. The predicted octanol–water partition coefficient (Wildman–Crippen LogP) is 2.17. The van der Waals surface area contributed by atoms with Gasteiger partial charge in [0.2, 0.25) is 12.3 Å². The molecule has 0 radical (unpaired) electrons. The first-order chi connectivity index (χ1) is 8.16. The lowest BCUT2D eigenvalue weighted by molar-refractivity contribution is -0.683. The van der Waals surface area contributed by atoms with Gasteiger partial charge in [0.25, 0.3) is 0 Å². The third kappa shape index (κ3) is 3.03. The van der Waals surface area contributed by atoms with Crippen molar-refractivity contribution >= 4 is 28.4 Å². The molecule has 0 atom stereocenters. The Morgan fingerprint density at radius 3 is 2.59 bits per heavy atom. The molecule has 0 aliphatic heterocycles. The highest BCUT2D eigenvalue weighted by Gasteiger charge is 2.12. The number of carbonyl (C=O) groups is 1. The van der Waals surface area contributed by atoms with Gasteiger partial charge in [-0.25, -0.2) is 0 Å². The Bertz CT molecular complexity index is 540. The highest BCUT2D eigenvalue weighted by atomic mass is 127. The van der Waals surface area contributed by atoms with Crippen molar-refractivity contribution in [1.82, 2.24) is 0 Å². The van der Waals surface area contributed by atoms with E-state index in [-0.39, 0.29) is 11.5 Å². The summed E-state index contributed by atoms with van der Waals surface area (Å²) in [6, 6.07) is 10.6. The molecule has 0 bridgehead atoms. The molecule has 0 unspecified atom stereocenters. The Labute approximate surface area is 113 Å². The summed E-state index contributed by atoms with van der Waals surface area (Å²) in [6.07, 6.45) is 3.70. The van der Waals surface area contributed by atoms with Crippen LogP contribution < -0.4 is 4.57 Å². The van der Waals surface area contributed by atoms with Crippen LogP contribution in [0.25, 0.3) is 0 Å². The Kier molecular flexibility index (Phi) is 3.73.